The van der Waals surface area contributed by atoms with Crippen LogP contribution in [0.2, 0.25) is 0 Å². The van der Waals surface area contributed by atoms with Gasteiger partial charge in [0.15, 0.2) is 17.5 Å². The molecule has 0 aliphatic carbocycles. The molecule has 58 heavy (non-hydrogen) atoms. The summed E-state index contributed by atoms with van der Waals surface area (Å²) in [6.07, 6.45) is 3.14. The van der Waals surface area contributed by atoms with Crippen LogP contribution in [0.3, 0.4) is 0 Å². The van der Waals surface area contributed by atoms with Crippen molar-refractivity contribution in [2.24, 2.45) is 0 Å². The van der Waals surface area contributed by atoms with Gasteiger partial charge in [-0.15, -0.1) is 42.0 Å². The molecule has 0 bridgehead atoms. The average molecular weight is 930 g/mol. The maximum atomic E-state index is 12.7. The van der Waals surface area contributed by atoms with Gasteiger partial charge in [0.1, 0.15) is 0 Å². The van der Waals surface area contributed by atoms with Crippen molar-refractivity contribution >= 4 is 38.1 Å². The fourth-order valence-corrected chi connectivity index (χ4v) is 7.26. The quantitative estimate of drug-likeness (QED) is 0.161. The first-order valence-electron chi connectivity index (χ1n) is 19.9. The summed E-state index contributed by atoms with van der Waals surface area (Å²) in [5.74, 6) is 1.57. The number of fused-ring (bicyclic) bond motifs is 6. The van der Waals surface area contributed by atoms with Gasteiger partial charge >= 0.3 is 0 Å². The standard InChI is InChI=1S/C38H22N5.C12H9FN.Ir/c1-3-11-24(12-4-1)36-40-37(25-13-5-2-6-14-25)42-38(41-36)26-18-19-29-31-22-27(32-16-9-10-20-39-32)21-30-28-15-7-8-17-33(28)43(35(30)31)34(29)23-26;1-9-2-7-12(14-8-9)10-3-5-11(13)6-4-10;/h1-20,22-23H;2-3,5-8H,1H3;/q2*-1;/i;1D3;. The molecule has 5 aromatic heterocycles. The largest absolute Gasteiger partial charge is 0.348 e. The summed E-state index contributed by atoms with van der Waals surface area (Å²) in [7, 11) is 0. The van der Waals surface area contributed by atoms with Gasteiger partial charge in [-0.2, -0.15) is 0 Å². The molecule has 279 valence electrons. The maximum absolute atomic E-state index is 12.7. The normalized spacial score (nSPS) is 12.1. The van der Waals surface area contributed by atoms with Crippen LogP contribution >= 0.6 is 0 Å². The van der Waals surface area contributed by atoms with E-state index in [0.29, 0.717) is 28.7 Å². The van der Waals surface area contributed by atoms with Crippen molar-refractivity contribution in [2.45, 2.75) is 6.85 Å². The Labute approximate surface area is 351 Å². The smallest absolute Gasteiger partial charge is 0.164 e. The van der Waals surface area contributed by atoms with E-state index in [0.717, 1.165) is 44.4 Å². The van der Waals surface area contributed by atoms with E-state index in [1.165, 1.54) is 46.1 Å². The first-order valence-corrected chi connectivity index (χ1v) is 18.4. The van der Waals surface area contributed by atoms with Gasteiger partial charge in [-0.05, 0) is 47.2 Å². The number of benzene rings is 6. The minimum atomic E-state index is -2.15. The number of para-hydroxylation sites is 1. The van der Waals surface area contributed by atoms with Gasteiger partial charge in [-0.25, -0.2) is 15.0 Å². The van der Waals surface area contributed by atoms with Crippen molar-refractivity contribution in [2.75, 3.05) is 0 Å². The number of hydrogen-bond acceptors (Lipinski definition) is 5. The zero-order valence-corrected chi connectivity index (χ0v) is 33.0. The average Bonchev–Trinajstić information content (AvgIpc) is 3.81. The molecule has 0 unspecified atom stereocenters. The van der Waals surface area contributed by atoms with Crippen LogP contribution < -0.4 is 0 Å². The summed E-state index contributed by atoms with van der Waals surface area (Å²) in [6.45, 7) is -2.15. The van der Waals surface area contributed by atoms with E-state index in [1.54, 1.807) is 12.1 Å². The molecule has 0 saturated carbocycles. The van der Waals surface area contributed by atoms with Crippen molar-refractivity contribution in [1.29, 1.82) is 0 Å². The third-order valence-corrected chi connectivity index (χ3v) is 9.92. The zero-order chi connectivity index (χ0) is 40.8. The Kier molecular flexibility index (Phi) is 8.87. The van der Waals surface area contributed by atoms with Gasteiger partial charge in [0.25, 0.3) is 0 Å². The predicted octanol–water partition coefficient (Wildman–Crippen LogP) is 11.9. The minimum absolute atomic E-state index is 0. The second-order valence-corrected chi connectivity index (χ2v) is 13.5. The van der Waals surface area contributed by atoms with Crippen LogP contribution in [0.1, 0.15) is 9.68 Å². The molecule has 1 radical (unpaired) electrons. The fourth-order valence-electron chi connectivity index (χ4n) is 7.26. The van der Waals surface area contributed by atoms with Crippen LogP contribution in [-0.4, -0.2) is 29.3 Å². The number of halogens is 1. The molecule has 6 aromatic carbocycles. The van der Waals surface area contributed by atoms with E-state index < -0.39 is 6.85 Å². The molecule has 5 heterocycles. The van der Waals surface area contributed by atoms with Crippen molar-refractivity contribution in [3.05, 3.63) is 194 Å². The van der Waals surface area contributed by atoms with E-state index in [9.17, 15) is 4.39 Å². The second kappa shape index (κ2) is 15.5. The molecule has 0 fully saturated rings. The van der Waals surface area contributed by atoms with Crippen molar-refractivity contribution in [3.63, 3.8) is 0 Å². The van der Waals surface area contributed by atoms with Crippen LogP contribution in [0.4, 0.5) is 4.39 Å². The summed E-state index contributed by atoms with van der Waals surface area (Å²) in [5.41, 5.74) is 9.53. The fraction of sp³-hybridized carbons (Fsp3) is 0.0200. The first-order chi connectivity index (χ1) is 29.3. The summed E-state index contributed by atoms with van der Waals surface area (Å²) in [5, 5.41) is 4.62. The number of nitrogens with zero attached hydrogens (tertiary/aromatic N) is 6. The molecule has 0 aliphatic heterocycles. The third-order valence-electron chi connectivity index (χ3n) is 9.92. The Morgan fingerprint density at radius 3 is 1.91 bits per heavy atom. The van der Waals surface area contributed by atoms with Crippen LogP contribution in [0.15, 0.2) is 170 Å². The Morgan fingerprint density at radius 1 is 0.569 bits per heavy atom. The molecular weight excluding hydrogens is 896 g/mol. The van der Waals surface area contributed by atoms with Crippen molar-refractivity contribution in [3.8, 4) is 56.7 Å². The molecular formula is C50H31FIrN6-2. The van der Waals surface area contributed by atoms with Crippen molar-refractivity contribution in [1.82, 2.24) is 29.3 Å². The van der Waals surface area contributed by atoms with Crippen LogP contribution in [0, 0.1) is 24.8 Å². The summed E-state index contributed by atoms with van der Waals surface area (Å²) < 4.78 is 36.7. The van der Waals surface area contributed by atoms with E-state index in [4.69, 9.17) is 19.1 Å². The number of rotatable bonds is 5. The molecule has 0 N–H and O–H groups in total. The molecule has 0 aliphatic rings. The van der Waals surface area contributed by atoms with Gasteiger partial charge in [-0.1, -0.05) is 137 Å². The zero-order valence-electron chi connectivity index (χ0n) is 33.6. The Balaban J connectivity index is 0.000000224. The Morgan fingerprint density at radius 2 is 1.26 bits per heavy atom. The number of aromatic nitrogens is 6. The summed E-state index contributed by atoms with van der Waals surface area (Å²) >= 11 is 0. The van der Waals surface area contributed by atoms with E-state index in [1.807, 2.05) is 85.1 Å². The molecule has 11 rings (SSSR count). The molecule has 6 nitrogen and oxygen atoms in total. The van der Waals surface area contributed by atoms with Gasteiger partial charge in [-0.3, -0.25) is 9.37 Å². The molecule has 11 aromatic rings. The molecule has 0 amide bonds. The summed E-state index contributed by atoms with van der Waals surface area (Å²) in [6, 6.07) is 57.0. The topological polar surface area (TPSA) is 68.9 Å². The molecule has 0 atom stereocenters. The Bertz CT molecular complexity index is 3230. The molecule has 0 spiro atoms. The monoisotopic (exact) mass is 930 g/mol. The number of aryl methyl sites for hydroxylation is 1. The summed E-state index contributed by atoms with van der Waals surface area (Å²) in [4.78, 5) is 23.5. The third kappa shape index (κ3) is 6.79. The maximum Gasteiger partial charge on any atom is 0.164 e. The van der Waals surface area contributed by atoms with Gasteiger partial charge < -0.3 is 9.38 Å². The predicted molar refractivity (Wildman–Crippen MR) is 226 cm³/mol. The molecule has 0 saturated heterocycles. The van der Waals surface area contributed by atoms with Gasteiger partial charge in [0.05, 0.1) is 0 Å². The van der Waals surface area contributed by atoms with E-state index >= 15 is 0 Å². The van der Waals surface area contributed by atoms with Gasteiger partial charge in [0, 0.05) is 75.8 Å². The minimum Gasteiger partial charge on any atom is -0.348 e. The number of hydrogen-bond donors (Lipinski definition) is 0. The van der Waals surface area contributed by atoms with Gasteiger partial charge in [0.2, 0.25) is 0 Å². The first kappa shape index (κ1) is 33.2. The van der Waals surface area contributed by atoms with E-state index in [2.05, 4.69) is 75.0 Å². The van der Waals surface area contributed by atoms with Crippen LogP contribution in [0.5, 0.6) is 0 Å². The van der Waals surface area contributed by atoms with Crippen LogP contribution in [-0.2, 0) is 20.1 Å². The second-order valence-electron chi connectivity index (χ2n) is 13.5. The van der Waals surface area contributed by atoms with Crippen LogP contribution in [0.25, 0.3) is 94.8 Å². The Hall–Kier alpha value is -6.99. The molecule has 8 heteroatoms. The SMILES string of the molecule is [2H]C([2H])([2H])c1ccc(-c2[c-]cc(F)cc2)nc1.[Ir].[c-]1c(-c2ccccn2)cc2c3ccc(-c4nc(-c5ccccc5)nc(-c5ccccc5)n4)cc3n3c4ccccc4c1c23. The van der Waals surface area contributed by atoms with E-state index in [-0.39, 0.29) is 31.5 Å². The van der Waals surface area contributed by atoms with Crippen molar-refractivity contribution < 1.29 is 28.6 Å². The number of pyridine rings is 2.